The van der Waals surface area contributed by atoms with Gasteiger partial charge in [0.05, 0.1) is 13.5 Å². The van der Waals surface area contributed by atoms with Crippen LogP contribution in [0.2, 0.25) is 5.02 Å². The molecule has 8 heteroatoms. The topological polar surface area (TPSA) is 102 Å². The summed E-state index contributed by atoms with van der Waals surface area (Å²) in [5.41, 5.74) is 8.16. The summed E-state index contributed by atoms with van der Waals surface area (Å²) < 4.78 is 4.27. The van der Waals surface area contributed by atoms with Gasteiger partial charge in [0, 0.05) is 29.7 Å². The van der Waals surface area contributed by atoms with Crippen molar-refractivity contribution in [3.8, 4) is 0 Å². The van der Waals surface area contributed by atoms with Crippen LogP contribution in [0.4, 0.5) is 0 Å². The number of methoxy groups -OCH3 is 1. The van der Waals surface area contributed by atoms with Crippen molar-refractivity contribution < 1.29 is 19.1 Å². The third-order valence-corrected chi connectivity index (χ3v) is 4.67. The number of benzene rings is 2. The molecule has 40 heavy (non-hydrogen) atoms. The Morgan fingerprint density at radius 3 is 2.10 bits per heavy atom. The van der Waals surface area contributed by atoms with Crippen LogP contribution in [0.5, 0.6) is 0 Å². The van der Waals surface area contributed by atoms with E-state index < -0.39 is 0 Å². The SMILES string of the molecule is CC(C)C.CC=CC1N=C(c2cccc(Cl)c2)C(=O)N1C.CCC.COC(=O)CCN.Cc1ccc(C=O)cc1. The van der Waals surface area contributed by atoms with Crippen LogP contribution in [-0.4, -0.2) is 55.6 Å². The highest BCUT2D eigenvalue weighted by atomic mass is 35.5. The quantitative estimate of drug-likeness (QED) is 0.238. The van der Waals surface area contributed by atoms with Gasteiger partial charge >= 0.3 is 5.97 Å². The fourth-order valence-electron chi connectivity index (χ4n) is 2.60. The lowest BCUT2D eigenvalue weighted by molar-refractivity contribution is -0.140. The average molecular weight is 574 g/mol. The minimum Gasteiger partial charge on any atom is -0.469 e. The maximum Gasteiger partial charge on any atom is 0.306 e. The van der Waals surface area contributed by atoms with Gasteiger partial charge in [-0.2, -0.15) is 0 Å². The number of carbonyl (C=O) groups is 3. The van der Waals surface area contributed by atoms with Gasteiger partial charge in [-0.3, -0.25) is 14.4 Å². The van der Waals surface area contributed by atoms with Crippen LogP contribution >= 0.6 is 11.6 Å². The molecule has 1 amide bonds. The minimum absolute atomic E-state index is 0.0737. The fourth-order valence-corrected chi connectivity index (χ4v) is 2.79. The van der Waals surface area contributed by atoms with E-state index in [1.165, 1.54) is 19.1 Å². The standard InChI is InChI=1S/C13H13ClN2O.C8H8O.C4H9NO2.C4H10.C3H8/c1-3-5-11-15-12(13(17)16(11)2)9-6-4-7-10(14)8-9;1-7-2-4-8(6-9)5-3-7;1-7-4(6)2-3-5;1-4(2)3;1-3-2/h3-8,11H,1-2H3;2-6H,1H3;2-3,5H2,1H3;4H,1-3H3;3H2,1-2H3. The Balaban J connectivity index is 0. The number of aryl methyl sites for hydroxylation is 1. The normalized spacial score (nSPS) is 13.4. The zero-order valence-electron chi connectivity index (χ0n) is 25.6. The Hall–Kier alpha value is -3.29. The van der Waals surface area contributed by atoms with Gasteiger partial charge in [-0.1, -0.05) is 101 Å². The lowest BCUT2D eigenvalue weighted by atomic mass is 10.1. The number of halogens is 1. The van der Waals surface area contributed by atoms with Crippen LogP contribution in [0.25, 0.3) is 0 Å². The number of hydrogen-bond donors (Lipinski definition) is 1. The maximum absolute atomic E-state index is 12.0. The summed E-state index contributed by atoms with van der Waals surface area (Å²) in [5.74, 6) is 0.512. The number of esters is 1. The van der Waals surface area contributed by atoms with Crippen molar-refractivity contribution in [2.75, 3.05) is 20.7 Å². The van der Waals surface area contributed by atoms with E-state index in [0.717, 1.165) is 23.3 Å². The number of nitrogens with two attached hydrogens (primary N) is 1. The second-order valence-corrected chi connectivity index (χ2v) is 9.86. The first kappa shape index (κ1) is 38.9. The van der Waals surface area contributed by atoms with Crippen LogP contribution < -0.4 is 5.73 Å². The molecule has 0 saturated carbocycles. The van der Waals surface area contributed by atoms with Crippen LogP contribution in [0.15, 0.2) is 65.7 Å². The maximum atomic E-state index is 12.0. The number of nitrogens with zero attached hydrogens (tertiary/aromatic N) is 2. The number of aldehydes is 1. The molecule has 0 fully saturated rings. The Bertz CT molecular complexity index is 1050. The first-order chi connectivity index (χ1) is 18.9. The van der Waals surface area contributed by atoms with Crippen LogP contribution in [0.1, 0.15) is 75.9 Å². The molecule has 0 aromatic heterocycles. The van der Waals surface area contributed by atoms with Gasteiger partial charge in [0.2, 0.25) is 0 Å². The van der Waals surface area contributed by atoms with E-state index in [-0.39, 0.29) is 18.0 Å². The highest BCUT2D eigenvalue weighted by molar-refractivity contribution is 6.47. The van der Waals surface area contributed by atoms with E-state index in [1.807, 2.05) is 62.4 Å². The van der Waals surface area contributed by atoms with Crippen LogP contribution in [0, 0.1) is 12.8 Å². The number of hydrogen-bond acceptors (Lipinski definition) is 6. The summed E-state index contributed by atoms with van der Waals surface area (Å²) in [6.07, 6.45) is 5.98. The van der Waals surface area contributed by atoms with Gasteiger partial charge in [-0.25, -0.2) is 4.99 Å². The van der Waals surface area contributed by atoms with Gasteiger partial charge in [-0.05, 0) is 38.0 Å². The number of amides is 1. The molecule has 1 unspecified atom stereocenters. The summed E-state index contributed by atoms with van der Waals surface area (Å²) in [6.45, 7) is 15.0. The summed E-state index contributed by atoms with van der Waals surface area (Å²) >= 11 is 5.91. The second-order valence-electron chi connectivity index (χ2n) is 9.43. The Morgan fingerprint density at radius 2 is 1.70 bits per heavy atom. The lowest BCUT2D eigenvalue weighted by Gasteiger charge is -2.13. The average Bonchev–Trinajstić information content (AvgIpc) is 3.19. The van der Waals surface area contributed by atoms with Crippen molar-refractivity contribution in [2.45, 2.75) is 67.5 Å². The second kappa shape index (κ2) is 23.6. The fraction of sp³-hybridized carbons (Fsp3) is 0.438. The van der Waals surface area contributed by atoms with Gasteiger partial charge < -0.3 is 15.4 Å². The summed E-state index contributed by atoms with van der Waals surface area (Å²) in [7, 11) is 3.09. The molecule has 2 aromatic carbocycles. The molecule has 1 aliphatic rings. The molecule has 2 N–H and O–H groups in total. The smallest absolute Gasteiger partial charge is 0.306 e. The third-order valence-electron chi connectivity index (χ3n) is 4.43. The summed E-state index contributed by atoms with van der Waals surface area (Å²) in [4.78, 5) is 38.3. The number of allylic oxidation sites excluding steroid dienone is 1. The molecule has 0 spiro atoms. The molecule has 222 valence electrons. The first-order valence-electron chi connectivity index (χ1n) is 13.4. The number of carbonyl (C=O) groups excluding carboxylic acids is 3. The van der Waals surface area contributed by atoms with E-state index in [2.05, 4.69) is 44.3 Å². The summed E-state index contributed by atoms with van der Waals surface area (Å²) in [5, 5.41) is 0.607. The molecular formula is C32H48ClN3O4. The molecule has 7 nitrogen and oxygen atoms in total. The van der Waals surface area contributed by atoms with Crippen molar-refractivity contribution >= 4 is 35.5 Å². The molecular weight excluding hydrogens is 526 g/mol. The molecule has 0 saturated heterocycles. The molecule has 1 atom stereocenters. The van der Waals surface area contributed by atoms with E-state index in [1.54, 1.807) is 24.1 Å². The van der Waals surface area contributed by atoms with Crippen molar-refractivity contribution in [1.29, 1.82) is 0 Å². The number of likely N-dealkylation sites (N-methyl/N-ethyl adjacent to an activating group) is 1. The first-order valence-corrected chi connectivity index (χ1v) is 13.8. The zero-order chi connectivity index (χ0) is 31.1. The zero-order valence-corrected chi connectivity index (χ0v) is 26.4. The number of rotatable bonds is 5. The van der Waals surface area contributed by atoms with E-state index in [0.29, 0.717) is 23.7 Å². The lowest BCUT2D eigenvalue weighted by Crippen LogP contribution is -2.31. The Morgan fingerprint density at radius 1 is 1.15 bits per heavy atom. The van der Waals surface area contributed by atoms with Crippen molar-refractivity contribution in [1.82, 2.24) is 4.90 Å². The molecule has 1 aliphatic heterocycles. The predicted molar refractivity (Wildman–Crippen MR) is 168 cm³/mol. The largest absolute Gasteiger partial charge is 0.469 e. The molecule has 0 radical (unpaired) electrons. The van der Waals surface area contributed by atoms with E-state index in [4.69, 9.17) is 17.3 Å². The molecule has 2 aromatic rings. The van der Waals surface area contributed by atoms with Gasteiger partial charge in [0.1, 0.15) is 18.2 Å². The monoisotopic (exact) mass is 573 g/mol. The van der Waals surface area contributed by atoms with E-state index in [9.17, 15) is 14.4 Å². The van der Waals surface area contributed by atoms with E-state index >= 15 is 0 Å². The van der Waals surface area contributed by atoms with Crippen molar-refractivity contribution in [2.24, 2.45) is 16.6 Å². The highest BCUT2D eigenvalue weighted by Crippen LogP contribution is 2.19. The molecule has 3 rings (SSSR count). The Kier molecular flexibility index (Phi) is 22.9. The predicted octanol–water partition coefficient (Wildman–Crippen LogP) is 6.90. The number of ether oxygens (including phenoxy) is 1. The minimum atomic E-state index is -0.248. The highest BCUT2D eigenvalue weighted by Gasteiger charge is 2.30. The van der Waals surface area contributed by atoms with Crippen LogP contribution in [-0.2, 0) is 14.3 Å². The van der Waals surface area contributed by atoms with Gasteiger partial charge in [0.15, 0.2) is 0 Å². The van der Waals surface area contributed by atoms with Gasteiger partial charge in [0.25, 0.3) is 5.91 Å². The summed E-state index contributed by atoms with van der Waals surface area (Å²) in [6, 6.07) is 14.6. The van der Waals surface area contributed by atoms with Crippen LogP contribution in [0.3, 0.4) is 0 Å². The van der Waals surface area contributed by atoms with Gasteiger partial charge in [-0.15, -0.1) is 0 Å². The Labute approximate surface area is 246 Å². The van der Waals surface area contributed by atoms with Crippen molar-refractivity contribution in [3.63, 3.8) is 0 Å². The molecule has 0 aliphatic carbocycles. The third kappa shape index (κ3) is 18.1. The molecule has 1 heterocycles. The van der Waals surface area contributed by atoms with Crippen molar-refractivity contribution in [3.05, 3.63) is 82.4 Å². The number of aliphatic imine (C=N–C) groups is 1. The molecule has 0 bridgehead atoms.